The molecule has 1 fully saturated rings. The summed E-state index contributed by atoms with van der Waals surface area (Å²) in [6.07, 6.45) is 2.21. The van der Waals surface area contributed by atoms with E-state index in [1.807, 2.05) is 43.0 Å². The number of carbonyl (C=O) groups excluding carboxylic acids is 1. The lowest BCUT2D eigenvalue weighted by molar-refractivity contribution is -0.136. The first-order valence-electron chi connectivity index (χ1n) is 7.22. The van der Waals surface area contributed by atoms with Crippen LogP contribution in [0.15, 0.2) is 24.3 Å². The van der Waals surface area contributed by atoms with E-state index in [0.29, 0.717) is 12.6 Å². The average molecular weight is 276 g/mol. The Morgan fingerprint density at radius 2 is 1.95 bits per heavy atom. The molecule has 1 saturated carbocycles. The van der Waals surface area contributed by atoms with Crippen molar-refractivity contribution in [3.63, 3.8) is 0 Å². The summed E-state index contributed by atoms with van der Waals surface area (Å²) in [6, 6.07) is 8.17. The maximum atomic E-state index is 12.5. The summed E-state index contributed by atoms with van der Waals surface area (Å²) in [5.74, 6) is 0.870. The molecule has 2 atom stereocenters. The number of nitrogens with two attached hydrogens (primary N) is 1. The summed E-state index contributed by atoms with van der Waals surface area (Å²) in [5.41, 5.74) is 6.99. The first kappa shape index (κ1) is 14.9. The van der Waals surface area contributed by atoms with E-state index >= 15 is 0 Å². The minimum Gasteiger partial charge on any atom is -0.497 e. The molecule has 0 bridgehead atoms. The summed E-state index contributed by atoms with van der Waals surface area (Å²) < 4.78 is 5.15. The molecule has 2 rings (SSSR count). The molecular weight excluding hydrogens is 252 g/mol. The highest BCUT2D eigenvalue weighted by Gasteiger charge is 2.35. The van der Waals surface area contributed by atoms with Gasteiger partial charge in [0.2, 0.25) is 5.91 Å². The predicted molar refractivity (Wildman–Crippen MR) is 79.4 cm³/mol. The normalized spacial score (nSPS) is 17.4. The Morgan fingerprint density at radius 3 is 2.40 bits per heavy atom. The van der Waals surface area contributed by atoms with E-state index in [9.17, 15) is 4.79 Å². The monoisotopic (exact) mass is 276 g/mol. The number of hydrogen-bond donors (Lipinski definition) is 1. The van der Waals surface area contributed by atoms with Crippen molar-refractivity contribution >= 4 is 5.91 Å². The highest BCUT2D eigenvalue weighted by molar-refractivity contribution is 5.79. The molecule has 4 heteroatoms. The molecule has 4 nitrogen and oxygen atoms in total. The van der Waals surface area contributed by atoms with Crippen molar-refractivity contribution in [2.75, 3.05) is 7.11 Å². The topological polar surface area (TPSA) is 55.6 Å². The molecule has 1 aromatic carbocycles. The van der Waals surface area contributed by atoms with Gasteiger partial charge in [-0.3, -0.25) is 4.79 Å². The van der Waals surface area contributed by atoms with Crippen molar-refractivity contribution in [3.05, 3.63) is 29.8 Å². The largest absolute Gasteiger partial charge is 0.497 e. The van der Waals surface area contributed by atoms with Gasteiger partial charge in [-0.2, -0.15) is 0 Å². The first-order valence-corrected chi connectivity index (χ1v) is 7.22. The fourth-order valence-corrected chi connectivity index (χ4v) is 2.19. The van der Waals surface area contributed by atoms with Crippen molar-refractivity contribution < 1.29 is 9.53 Å². The van der Waals surface area contributed by atoms with Crippen LogP contribution in [0.25, 0.3) is 0 Å². The lowest BCUT2D eigenvalue weighted by Gasteiger charge is -2.27. The van der Waals surface area contributed by atoms with Crippen LogP contribution in [-0.2, 0) is 11.3 Å². The van der Waals surface area contributed by atoms with Crippen LogP contribution >= 0.6 is 0 Å². The summed E-state index contributed by atoms with van der Waals surface area (Å²) in [7, 11) is 1.65. The minimum atomic E-state index is -0.131. The lowest BCUT2D eigenvalue weighted by atomic mass is 10.0. The zero-order valence-electron chi connectivity index (χ0n) is 12.5. The Hall–Kier alpha value is -1.55. The molecule has 1 aromatic rings. The Balaban J connectivity index is 2.07. The van der Waals surface area contributed by atoms with E-state index in [2.05, 4.69) is 0 Å². The summed E-state index contributed by atoms with van der Waals surface area (Å²) in [4.78, 5) is 14.5. The molecule has 0 aromatic heterocycles. The second-order valence-electron chi connectivity index (χ2n) is 5.69. The van der Waals surface area contributed by atoms with Crippen LogP contribution in [0.3, 0.4) is 0 Å². The zero-order chi connectivity index (χ0) is 14.7. The number of ether oxygens (including phenoxy) is 1. The van der Waals surface area contributed by atoms with E-state index in [1.54, 1.807) is 7.11 Å². The van der Waals surface area contributed by atoms with Crippen molar-refractivity contribution in [2.24, 2.45) is 11.7 Å². The van der Waals surface area contributed by atoms with Crippen LogP contribution in [0.2, 0.25) is 0 Å². The van der Waals surface area contributed by atoms with Gasteiger partial charge < -0.3 is 15.4 Å². The number of benzene rings is 1. The van der Waals surface area contributed by atoms with Gasteiger partial charge in [-0.15, -0.1) is 0 Å². The first-order chi connectivity index (χ1) is 9.52. The zero-order valence-corrected chi connectivity index (χ0v) is 12.5. The molecule has 1 aliphatic carbocycles. The fourth-order valence-electron chi connectivity index (χ4n) is 2.19. The van der Waals surface area contributed by atoms with Crippen molar-refractivity contribution in [1.29, 1.82) is 0 Å². The van der Waals surface area contributed by atoms with Gasteiger partial charge in [0.05, 0.1) is 13.0 Å². The van der Waals surface area contributed by atoms with Gasteiger partial charge >= 0.3 is 0 Å². The molecule has 0 heterocycles. The van der Waals surface area contributed by atoms with Crippen molar-refractivity contribution in [1.82, 2.24) is 4.90 Å². The van der Waals surface area contributed by atoms with Crippen molar-refractivity contribution in [2.45, 2.75) is 45.3 Å². The number of amides is 1. The van der Waals surface area contributed by atoms with E-state index in [0.717, 1.165) is 24.2 Å². The Morgan fingerprint density at radius 1 is 1.35 bits per heavy atom. The molecule has 0 aliphatic heterocycles. The van der Waals surface area contributed by atoms with Gasteiger partial charge in [0.15, 0.2) is 0 Å². The molecule has 1 amide bonds. The number of nitrogens with zero attached hydrogens (tertiary/aromatic N) is 1. The van der Waals surface area contributed by atoms with Gasteiger partial charge in [-0.05, 0) is 37.5 Å². The molecule has 20 heavy (non-hydrogen) atoms. The quantitative estimate of drug-likeness (QED) is 0.866. The van der Waals surface area contributed by atoms with Crippen LogP contribution in [-0.4, -0.2) is 30.0 Å². The number of methoxy groups -OCH3 is 1. The lowest BCUT2D eigenvalue weighted by Crippen LogP contribution is -2.42. The summed E-state index contributed by atoms with van der Waals surface area (Å²) in [5, 5.41) is 0. The van der Waals surface area contributed by atoms with E-state index in [-0.39, 0.29) is 17.9 Å². The highest BCUT2D eigenvalue weighted by atomic mass is 16.5. The van der Waals surface area contributed by atoms with E-state index in [4.69, 9.17) is 10.5 Å². The van der Waals surface area contributed by atoms with Gasteiger partial charge in [0.1, 0.15) is 5.75 Å². The molecule has 0 spiro atoms. The van der Waals surface area contributed by atoms with Gasteiger partial charge in [-0.25, -0.2) is 0 Å². The molecule has 2 unspecified atom stereocenters. The SMILES string of the molecule is COc1ccc(CN(C(=O)C(C)C(C)N)C2CC2)cc1. The van der Waals surface area contributed by atoms with Crippen molar-refractivity contribution in [3.8, 4) is 5.75 Å². The molecule has 110 valence electrons. The van der Waals surface area contributed by atoms with E-state index < -0.39 is 0 Å². The van der Waals surface area contributed by atoms with Gasteiger partial charge in [0.25, 0.3) is 0 Å². The van der Waals surface area contributed by atoms with Crippen LogP contribution in [0, 0.1) is 5.92 Å². The van der Waals surface area contributed by atoms with Crippen LogP contribution < -0.4 is 10.5 Å². The molecule has 1 aliphatic rings. The molecule has 0 radical (unpaired) electrons. The average Bonchev–Trinajstić information content (AvgIpc) is 3.28. The second-order valence-corrected chi connectivity index (χ2v) is 5.69. The summed E-state index contributed by atoms with van der Waals surface area (Å²) in [6.45, 7) is 4.46. The Labute approximate surface area is 120 Å². The molecule has 2 N–H and O–H groups in total. The maximum absolute atomic E-state index is 12.5. The number of carbonyl (C=O) groups is 1. The van der Waals surface area contributed by atoms with Gasteiger partial charge in [0, 0.05) is 18.6 Å². The van der Waals surface area contributed by atoms with Gasteiger partial charge in [-0.1, -0.05) is 19.1 Å². The number of hydrogen-bond acceptors (Lipinski definition) is 3. The molecular formula is C16H24N2O2. The van der Waals surface area contributed by atoms with Crippen LogP contribution in [0.5, 0.6) is 5.75 Å². The Bertz CT molecular complexity index is 452. The number of rotatable bonds is 6. The smallest absolute Gasteiger partial charge is 0.227 e. The second kappa shape index (κ2) is 6.27. The van der Waals surface area contributed by atoms with Crippen LogP contribution in [0.4, 0.5) is 0 Å². The third kappa shape index (κ3) is 3.51. The van der Waals surface area contributed by atoms with Crippen LogP contribution in [0.1, 0.15) is 32.3 Å². The fraction of sp³-hybridized carbons (Fsp3) is 0.562. The maximum Gasteiger partial charge on any atom is 0.227 e. The Kier molecular flexibility index (Phi) is 4.65. The third-order valence-corrected chi connectivity index (χ3v) is 3.96. The van der Waals surface area contributed by atoms with E-state index in [1.165, 1.54) is 0 Å². The highest BCUT2D eigenvalue weighted by Crippen LogP contribution is 2.30. The third-order valence-electron chi connectivity index (χ3n) is 3.96. The summed E-state index contributed by atoms with van der Waals surface area (Å²) >= 11 is 0. The molecule has 0 saturated heterocycles. The minimum absolute atomic E-state index is 0.111. The predicted octanol–water partition coefficient (Wildman–Crippen LogP) is 2.17. The standard InChI is InChI=1S/C16H24N2O2/c1-11(12(2)17)16(19)18(14-6-7-14)10-13-4-8-15(20-3)9-5-13/h4-5,8-9,11-12,14H,6-7,10,17H2,1-3H3.